The van der Waals surface area contributed by atoms with Crippen molar-refractivity contribution in [3.63, 3.8) is 0 Å². The number of methoxy groups -OCH3 is 1. The fraction of sp³-hybridized carbons (Fsp3) is 0.217. The average Bonchev–Trinajstić information content (AvgIpc) is 3.18. The third-order valence-electron chi connectivity index (χ3n) is 5.30. The molecule has 2 unspecified atom stereocenters. The molecule has 1 aliphatic carbocycles. The standard InChI is InChI=1S/C23H19NO6/c1-26-16-7-4-14(5-8-16)22(24-30-23(25)20-3-2-10-27-20)18-12-17(18)15-6-9-19-21(11-15)29-13-28-19/h2-11,17-18H,12-13H2,1H3. The van der Waals surface area contributed by atoms with E-state index in [9.17, 15) is 4.79 Å². The zero-order valence-electron chi connectivity index (χ0n) is 16.2. The van der Waals surface area contributed by atoms with Crippen LogP contribution in [0.3, 0.4) is 0 Å². The molecule has 2 heterocycles. The van der Waals surface area contributed by atoms with Crippen LogP contribution in [0.5, 0.6) is 17.2 Å². The lowest BCUT2D eigenvalue weighted by molar-refractivity contribution is 0.0479. The van der Waals surface area contributed by atoms with Gasteiger partial charge >= 0.3 is 5.97 Å². The molecule has 152 valence electrons. The van der Waals surface area contributed by atoms with Gasteiger partial charge in [0.05, 0.1) is 19.1 Å². The van der Waals surface area contributed by atoms with Crippen molar-refractivity contribution in [2.45, 2.75) is 12.3 Å². The third-order valence-corrected chi connectivity index (χ3v) is 5.30. The largest absolute Gasteiger partial charge is 0.497 e. The Bertz CT molecular complexity index is 1090. The summed E-state index contributed by atoms with van der Waals surface area (Å²) in [7, 11) is 1.62. The maximum atomic E-state index is 12.2. The number of ether oxygens (including phenoxy) is 3. The van der Waals surface area contributed by atoms with Crippen LogP contribution in [0.1, 0.15) is 34.0 Å². The van der Waals surface area contributed by atoms with E-state index in [1.807, 2.05) is 42.5 Å². The summed E-state index contributed by atoms with van der Waals surface area (Å²) in [5.74, 6) is 2.10. The Morgan fingerprint density at radius 3 is 2.67 bits per heavy atom. The Morgan fingerprint density at radius 1 is 1.07 bits per heavy atom. The second-order valence-corrected chi connectivity index (χ2v) is 7.12. The first-order chi connectivity index (χ1) is 14.7. The number of hydrogen-bond acceptors (Lipinski definition) is 7. The lowest BCUT2D eigenvalue weighted by Gasteiger charge is -2.08. The summed E-state index contributed by atoms with van der Waals surface area (Å²) in [6.07, 6.45) is 2.31. The number of oxime groups is 1. The van der Waals surface area contributed by atoms with Gasteiger partial charge in [-0.3, -0.25) is 0 Å². The average molecular weight is 405 g/mol. The topological polar surface area (TPSA) is 79.5 Å². The number of hydrogen-bond donors (Lipinski definition) is 0. The second-order valence-electron chi connectivity index (χ2n) is 7.12. The van der Waals surface area contributed by atoms with E-state index < -0.39 is 5.97 Å². The molecule has 2 atom stereocenters. The van der Waals surface area contributed by atoms with Gasteiger partial charge in [0.15, 0.2) is 11.5 Å². The van der Waals surface area contributed by atoms with Gasteiger partial charge < -0.3 is 23.5 Å². The van der Waals surface area contributed by atoms with Crippen LogP contribution < -0.4 is 14.2 Å². The van der Waals surface area contributed by atoms with Gasteiger partial charge in [0.2, 0.25) is 12.6 Å². The van der Waals surface area contributed by atoms with E-state index in [0.717, 1.165) is 34.8 Å². The quantitative estimate of drug-likeness (QED) is 0.344. The van der Waals surface area contributed by atoms with Gasteiger partial charge in [-0.15, -0.1) is 0 Å². The molecule has 2 aromatic carbocycles. The molecular weight excluding hydrogens is 386 g/mol. The molecule has 0 saturated heterocycles. The summed E-state index contributed by atoms with van der Waals surface area (Å²) >= 11 is 0. The Morgan fingerprint density at radius 2 is 1.90 bits per heavy atom. The smallest absolute Gasteiger partial charge is 0.400 e. The summed E-state index contributed by atoms with van der Waals surface area (Å²) in [6, 6.07) is 16.7. The Hall–Kier alpha value is -3.74. The Balaban J connectivity index is 1.41. The summed E-state index contributed by atoms with van der Waals surface area (Å²) in [5, 5.41) is 4.23. The van der Waals surface area contributed by atoms with Crippen molar-refractivity contribution < 1.29 is 28.3 Å². The van der Waals surface area contributed by atoms with Crippen molar-refractivity contribution >= 4 is 11.7 Å². The summed E-state index contributed by atoms with van der Waals surface area (Å²) in [5.41, 5.74) is 2.72. The molecule has 5 rings (SSSR count). The van der Waals surface area contributed by atoms with Crippen molar-refractivity contribution in [2.24, 2.45) is 11.1 Å². The second kappa shape index (κ2) is 7.59. The van der Waals surface area contributed by atoms with Gasteiger partial charge in [-0.2, -0.15) is 0 Å². The minimum Gasteiger partial charge on any atom is -0.497 e. The molecule has 3 aromatic rings. The van der Waals surface area contributed by atoms with Crippen LogP contribution in [0.15, 0.2) is 70.4 Å². The lowest BCUT2D eigenvalue weighted by Crippen LogP contribution is -2.09. The van der Waals surface area contributed by atoms with Gasteiger partial charge in [0, 0.05) is 5.92 Å². The van der Waals surface area contributed by atoms with Gasteiger partial charge in [0.25, 0.3) is 0 Å². The van der Waals surface area contributed by atoms with Crippen LogP contribution in [0, 0.1) is 5.92 Å². The molecule has 0 spiro atoms. The number of carbonyl (C=O) groups excluding carboxylic acids is 1. The van der Waals surface area contributed by atoms with Gasteiger partial charge in [-0.25, -0.2) is 4.79 Å². The Labute approximate surface area is 172 Å². The number of furan rings is 1. The van der Waals surface area contributed by atoms with E-state index in [1.165, 1.54) is 12.3 Å². The zero-order valence-corrected chi connectivity index (χ0v) is 16.2. The fourth-order valence-electron chi connectivity index (χ4n) is 3.64. The van der Waals surface area contributed by atoms with Crippen molar-refractivity contribution in [1.29, 1.82) is 0 Å². The van der Waals surface area contributed by atoms with E-state index in [0.29, 0.717) is 5.71 Å². The van der Waals surface area contributed by atoms with Crippen LogP contribution in [0.25, 0.3) is 0 Å². The number of benzene rings is 2. The maximum absolute atomic E-state index is 12.2. The molecule has 1 saturated carbocycles. The molecule has 7 nitrogen and oxygen atoms in total. The highest BCUT2D eigenvalue weighted by Gasteiger charge is 2.43. The van der Waals surface area contributed by atoms with Crippen molar-refractivity contribution in [3.8, 4) is 17.2 Å². The van der Waals surface area contributed by atoms with Crippen LogP contribution >= 0.6 is 0 Å². The van der Waals surface area contributed by atoms with Gasteiger partial charge in [-0.05, 0) is 72.0 Å². The number of carbonyl (C=O) groups is 1. The van der Waals surface area contributed by atoms with Crippen LogP contribution in [-0.2, 0) is 4.84 Å². The first-order valence-corrected chi connectivity index (χ1v) is 9.59. The zero-order chi connectivity index (χ0) is 20.5. The SMILES string of the molecule is COc1ccc(C(=NOC(=O)c2ccco2)C2CC2c2ccc3c(c2)OCO3)cc1. The highest BCUT2D eigenvalue weighted by atomic mass is 16.7. The highest BCUT2D eigenvalue weighted by molar-refractivity contribution is 6.04. The normalized spacial score (nSPS) is 19.4. The summed E-state index contributed by atoms with van der Waals surface area (Å²) in [6.45, 7) is 0.244. The summed E-state index contributed by atoms with van der Waals surface area (Å²) in [4.78, 5) is 17.4. The summed E-state index contributed by atoms with van der Waals surface area (Å²) < 4.78 is 21.2. The first-order valence-electron chi connectivity index (χ1n) is 9.59. The van der Waals surface area contributed by atoms with Gasteiger partial charge in [-0.1, -0.05) is 11.2 Å². The predicted octanol–water partition coefficient (Wildman–Crippen LogP) is 4.38. The van der Waals surface area contributed by atoms with Crippen molar-refractivity contribution in [2.75, 3.05) is 13.9 Å². The van der Waals surface area contributed by atoms with Crippen molar-refractivity contribution in [3.05, 3.63) is 77.7 Å². The van der Waals surface area contributed by atoms with Crippen LogP contribution in [-0.4, -0.2) is 25.6 Å². The third kappa shape index (κ3) is 3.50. The molecule has 1 aromatic heterocycles. The van der Waals surface area contributed by atoms with Crippen molar-refractivity contribution in [1.82, 2.24) is 0 Å². The molecular formula is C23H19NO6. The highest BCUT2D eigenvalue weighted by Crippen LogP contribution is 2.51. The molecule has 0 N–H and O–H groups in total. The Kier molecular flexibility index (Phi) is 4.63. The number of rotatable bonds is 6. The maximum Gasteiger partial charge on any atom is 0.400 e. The first kappa shape index (κ1) is 18.3. The molecule has 2 aliphatic rings. The van der Waals surface area contributed by atoms with E-state index in [1.54, 1.807) is 13.2 Å². The molecule has 30 heavy (non-hydrogen) atoms. The van der Waals surface area contributed by atoms with Crippen LogP contribution in [0.4, 0.5) is 0 Å². The van der Waals surface area contributed by atoms with Crippen LogP contribution in [0.2, 0.25) is 0 Å². The number of nitrogens with zero attached hydrogens (tertiary/aromatic N) is 1. The molecule has 0 radical (unpaired) electrons. The van der Waals surface area contributed by atoms with E-state index in [2.05, 4.69) is 5.16 Å². The molecule has 1 aliphatic heterocycles. The minimum absolute atomic E-state index is 0.107. The fourth-order valence-corrected chi connectivity index (χ4v) is 3.64. The molecule has 0 bridgehead atoms. The molecule has 0 amide bonds. The van der Waals surface area contributed by atoms with E-state index in [4.69, 9.17) is 23.5 Å². The number of fused-ring (bicyclic) bond motifs is 1. The van der Waals surface area contributed by atoms with E-state index >= 15 is 0 Å². The molecule has 7 heteroatoms. The predicted molar refractivity (Wildman–Crippen MR) is 107 cm³/mol. The van der Waals surface area contributed by atoms with Gasteiger partial charge in [0.1, 0.15) is 5.75 Å². The van der Waals surface area contributed by atoms with E-state index in [-0.39, 0.29) is 24.4 Å². The monoisotopic (exact) mass is 405 g/mol. The lowest BCUT2D eigenvalue weighted by atomic mass is 10.0. The molecule has 1 fully saturated rings. The minimum atomic E-state index is -0.633.